The Labute approximate surface area is 141 Å². The summed E-state index contributed by atoms with van der Waals surface area (Å²) in [6.45, 7) is 4.95. The predicted molar refractivity (Wildman–Crippen MR) is 83.4 cm³/mol. The molecule has 0 aromatic rings. The van der Waals surface area contributed by atoms with Crippen molar-refractivity contribution >= 4 is 10.4 Å². The van der Waals surface area contributed by atoms with E-state index in [0.29, 0.717) is 6.42 Å². The second-order valence-corrected chi connectivity index (χ2v) is 6.72. The molecule has 0 bridgehead atoms. The molecule has 4 N–H and O–H groups in total. The summed E-state index contributed by atoms with van der Waals surface area (Å²) in [5, 5.41) is 29.6. The van der Waals surface area contributed by atoms with Gasteiger partial charge in [-0.15, -0.1) is 6.58 Å². The highest BCUT2D eigenvalue weighted by molar-refractivity contribution is 7.80. The van der Waals surface area contributed by atoms with Crippen LogP contribution in [0.4, 0.5) is 0 Å². The number of rotatable bonds is 10. The molecule has 1 saturated heterocycles. The Morgan fingerprint density at radius 1 is 1.21 bits per heavy atom. The Bertz CT molecular complexity index is 481. The molecule has 0 spiro atoms. The maximum atomic E-state index is 10.6. The number of hydrogen-bond acceptors (Lipinski definition) is 8. The lowest BCUT2D eigenvalue weighted by atomic mass is 9.99. The molecule has 9 nitrogen and oxygen atoms in total. The lowest BCUT2D eigenvalue weighted by Crippen LogP contribution is -2.59. The standard InChI is InChI=1S/C14H26O9S/c1-3-5-6-7-9(4-2)22-14-13(17)12(16)11(15)10(23-14)8-21-24(18,19)20/h4,9-17H,2-3,5-8H2,1H3,(H,18,19,20)/t9-,10+,11+,12-,13+,14+/m0/s1. The minimum atomic E-state index is -4.73. The average Bonchev–Trinajstić information content (AvgIpc) is 2.52. The molecule has 0 aliphatic carbocycles. The Morgan fingerprint density at radius 2 is 1.88 bits per heavy atom. The first-order valence-corrected chi connectivity index (χ1v) is 9.15. The van der Waals surface area contributed by atoms with E-state index in [9.17, 15) is 23.7 Å². The molecule has 0 aromatic carbocycles. The third kappa shape index (κ3) is 6.73. The molecule has 1 rings (SSSR count). The first-order chi connectivity index (χ1) is 11.2. The van der Waals surface area contributed by atoms with Gasteiger partial charge in [0.15, 0.2) is 6.29 Å². The Kier molecular flexibility index (Phi) is 8.74. The van der Waals surface area contributed by atoms with Gasteiger partial charge in [-0.1, -0.05) is 32.3 Å². The van der Waals surface area contributed by atoms with Crippen LogP contribution in [-0.4, -0.2) is 71.7 Å². The average molecular weight is 370 g/mol. The number of hydrogen-bond donors (Lipinski definition) is 4. The lowest BCUT2D eigenvalue weighted by Gasteiger charge is -2.40. The molecule has 142 valence electrons. The van der Waals surface area contributed by atoms with Crippen LogP contribution >= 0.6 is 0 Å². The molecule has 0 amide bonds. The lowest BCUT2D eigenvalue weighted by molar-refractivity contribution is -0.306. The minimum absolute atomic E-state index is 0.443. The fraction of sp³-hybridized carbons (Fsp3) is 0.857. The second-order valence-electron chi connectivity index (χ2n) is 5.63. The van der Waals surface area contributed by atoms with Gasteiger partial charge in [-0.3, -0.25) is 4.55 Å². The van der Waals surface area contributed by atoms with Crippen LogP contribution in [0.1, 0.15) is 32.6 Å². The van der Waals surface area contributed by atoms with Crippen LogP contribution in [0.3, 0.4) is 0 Å². The smallest absolute Gasteiger partial charge is 0.387 e. The van der Waals surface area contributed by atoms with E-state index < -0.39 is 53.8 Å². The van der Waals surface area contributed by atoms with E-state index in [2.05, 4.69) is 17.7 Å². The zero-order valence-electron chi connectivity index (χ0n) is 13.5. The number of unbranched alkanes of at least 4 members (excludes halogenated alkanes) is 2. The van der Waals surface area contributed by atoms with Crippen LogP contribution < -0.4 is 0 Å². The van der Waals surface area contributed by atoms with E-state index in [-0.39, 0.29) is 0 Å². The molecule has 0 aromatic heterocycles. The van der Waals surface area contributed by atoms with Crippen molar-refractivity contribution in [1.82, 2.24) is 0 Å². The predicted octanol–water partition coefficient (Wildman–Crippen LogP) is -0.235. The van der Waals surface area contributed by atoms with Crippen LogP contribution in [0.5, 0.6) is 0 Å². The summed E-state index contributed by atoms with van der Waals surface area (Å²) >= 11 is 0. The van der Waals surface area contributed by atoms with E-state index >= 15 is 0 Å². The topological polar surface area (TPSA) is 143 Å². The van der Waals surface area contributed by atoms with Crippen LogP contribution in [-0.2, 0) is 24.1 Å². The van der Waals surface area contributed by atoms with Gasteiger partial charge in [-0.2, -0.15) is 8.42 Å². The maximum Gasteiger partial charge on any atom is 0.397 e. The van der Waals surface area contributed by atoms with E-state index in [1.807, 2.05) is 0 Å². The second kappa shape index (κ2) is 9.78. The van der Waals surface area contributed by atoms with Crippen molar-refractivity contribution in [2.45, 2.75) is 69.4 Å². The highest BCUT2D eigenvalue weighted by Gasteiger charge is 2.45. The normalized spacial score (nSPS) is 32.5. The summed E-state index contributed by atoms with van der Waals surface area (Å²) in [6, 6.07) is 0. The summed E-state index contributed by atoms with van der Waals surface area (Å²) in [7, 11) is -4.73. The van der Waals surface area contributed by atoms with Crippen LogP contribution in [0, 0.1) is 0 Å². The van der Waals surface area contributed by atoms with Gasteiger partial charge in [0.1, 0.15) is 24.4 Å². The highest BCUT2D eigenvalue weighted by Crippen LogP contribution is 2.25. The van der Waals surface area contributed by atoms with Gasteiger partial charge in [0.05, 0.1) is 12.7 Å². The molecule has 1 aliphatic heterocycles. The van der Waals surface area contributed by atoms with Crippen molar-refractivity contribution in [2.24, 2.45) is 0 Å². The number of ether oxygens (including phenoxy) is 2. The molecule has 1 heterocycles. The summed E-state index contributed by atoms with van der Waals surface area (Å²) in [4.78, 5) is 0. The third-order valence-electron chi connectivity index (χ3n) is 3.71. The summed E-state index contributed by atoms with van der Waals surface area (Å²) in [5.41, 5.74) is 0. The molecular weight excluding hydrogens is 344 g/mol. The van der Waals surface area contributed by atoms with E-state index in [1.165, 1.54) is 6.08 Å². The van der Waals surface area contributed by atoms with Gasteiger partial charge in [0.25, 0.3) is 0 Å². The molecule has 1 aliphatic rings. The van der Waals surface area contributed by atoms with Gasteiger partial charge >= 0.3 is 10.4 Å². The van der Waals surface area contributed by atoms with Crippen molar-refractivity contribution in [3.05, 3.63) is 12.7 Å². The van der Waals surface area contributed by atoms with Crippen LogP contribution in [0.2, 0.25) is 0 Å². The van der Waals surface area contributed by atoms with E-state index in [0.717, 1.165) is 19.3 Å². The molecular formula is C14H26O9S. The van der Waals surface area contributed by atoms with Crippen molar-refractivity contribution < 1.29 is 41.9 Å². The molecule has 0 unspecified atom stereocenters. The van der Waals surface area contributed by atoms with Gasteiger partial charge in [-0.25, -0.2) is 4.18 Å². The SMILES string of the molecule is C=C[C@@H](CCCCC)O[C@@H]1O[C@H](COS(=O)(=O)O)[C@@H](O)[C@H](O)[C@H]1O. The quantitative estimate of drug-likeness (QED) is 0.233. The first-order valence-electron chi connectivity index (χ1n) is 7.79. The third-order valence-corrected chi connectivity index (χ3v) is 4.15. The number of aliphatic hydroxyl groups excluding tert-OH is 3. The summed E-state index contributed by atoms with van der Waals surface area (Å²) in [5.74, 6) is 0. The molecule has 6 atom stereocenters. The van der Waals surface area contributed by atoms with Gasteiger partial charge in [0.2, 0.25) is 0 Å². The fourth-order valence-electron chi connectivity index (χ4n) is 2.33. The highest BCUT2D eigenvalue weighted by atomic mass is 32.3. The fourth-order valence-corrected chi connectivity index (χ4v) is 2.64. The molecule has 10 heteroatoms. The summed E-state index contributed by atoms with van der Waals surface area (Å²) < 4.78 is 44.8. The maximum absolute atomic E-state index is 10.6. The molecule has 24 heavy (non-hydrogen) atoms. The Morgan fingerprint density at radius 3 is 2.42 bits per heavy atom. The van der Waals surface area contributed by atoms with Crippen molar-refractivity contribution in [2.75, 3.05) is 6.61 Å². The molecule has 1 fully saturated rings. The Balaban J connectivity index is 2.68. The van der Waals surface area contributed by atoms with Gasteiger partial charge in [-0.05, 0) is 6.42 Å². The monoisotopic (exact) mass is 370 g/mol. The van der Waals surface area contributed by atoms with E-state index in [1.54, 1.807) is 0 Å². The zero-order chi connectivity index (χ0) is 18.3. The Hall–Kier alpha value is -0.590. The van der Waals surface area contributed by atoms with Gasteiger partial charge < -0.3 is 24.8 Å². The van der Waals surface area contributed by atoms with Gasteiger partial charge in [0, 0.05) is 0 Å². The largest absolute Gasteiger partial charge is 0.397 e. The van der Waals surface area contributed by atoms with Crippen molar-refractivity contribution in [3.8, 4) is 0 Å². The minimum Gasteiger partial charge on any atom is -0.387 e. The van der Waals surface area contributed by atoms with Crippen molar-refractivity contribution in [3.63, 3.8) is 0 Å². The van der Waals surface area contributed by atoms with Crippen molar-refractivity contribution in [1.29, 1.82) is 0 Å². The molecule has 0 radical (unpaired) electrons. The summed E-state index contributed by atoms with van der Waals surface area (Å²) in [6.07, 6.45) is -2.76. The zero-order valence-corrected chi connectivity index (χ0v) is 14.3. The van der Waals surface area contributed by atoms with E-state index in [4.69, 9.17) is 14.0 Å². The first kappa shape index (κ1) is 21.5. The van der Waals surface area contributed by atoms with Crippen LogP contribution in [0.25, 0.3) is 0 Å². The van der Waals surface area contributed by atoms with Crippen LogP contribution in [0.15, 0.2) is 12.7 Å². The molecule has 0 saturated carbocycles. The number of aliphatic hydroxyl groups is 3.